The van der Waals surface area contributed by atoms with E-state index in [9.17, 15) is 28.9 Å². The van der Waals surface area contributed by atoms with Crippen LogP contribution in [0.15, 0.2) is 109 Å². The van der Waals surface area contributed by atoms with Gasteiger partial charge in [0.25, 0.3) is 0 Å². The van der Waals surface area contributed by atoms with Gasteiger partial charge < -0.3 is 24.2 Å². The summed E-state index contributed by atoms with van der Waals surface area (Å²) in [5, 5.41) is 9.80. The molecule has 0 amide bonds. The number of rotatable bonds is 50. The molecule has 12 heteroatoms. The van der Waals surface area contributed by atoms with E-state index in [1.54, 1.807) is 0 Å². The van der Waals surface area contributed by atoms with Crippen LogP contribution in [0.2, 0.25) is 0 Å². The number of phosphoric acid groups is 1. The third kappa shape index (κ3) is 51.1. The van der Waals surface area contributed by atoms with Crippen LogP contribution >= 0.6 is 7.82 Å². The molecule has 0 aromatic carbocycles. The second-order valence-corrected chi connectivity index (χ2v) is 19.4. The van der Waals surface area contributed by atoms with Crippen LogP contribution in [0.25, 0.3) is 0 Å². The second-order valence-electron chi connectivity index (χ2n) is 18.0. The number of allylic oxidation sites excluding steroid dienone is 18. The van der Waals surface area contributed by atoms with Crippen LogP contribution in [0.3, 0.4) is 0 Å². The molecule has 0 aliphatic carbocycles. The van der Waals surface area contributed by atoms with Crippen molar-refractivity contribution in [2.45, 2.75) is 226 Å². The number of esters is 3. The van der Waals surface area contributed by atoms with Gasteiger partial charge in [-0.3, -0.25) is 23.4 Å². The van der Waals surface area contributed by atoms with Gasteiger partial charge >= 0.3 is 25.7 Å². The average molecular weight is 1030 g/mol. The van der Waals surface area contributed by atoms with Crippen molar-refractivity contribution >= 4 is 25.7 Å². The van der Waals surface area contributed by atoms with Crippen molar-refractivity contribution < 1.29 is 52.2 Å². The molecule has 0 spiro atoms. The first-order chi connectivity index (χ1) is 35.2. The zero-order valence-electron chi connectivity index (χ0n) is 45.1. The standard InChI is InChI=1S/C60H99O11P/c1-4-7-10-13-16-19-22-25-27-28-30-33-36-39-42-45-48-51-60(64)71-57(53-67-58(62)49-46-43-40-37-34-31-24-21-18-15-12-9-6-3)55-69-72(65,66)68-54-56(52-61)70-59(63)50-47-44-41-38-35-32-29-26-23-20-17-14-11-8-5-2/h7-8,10-12,15-17,19-21,24-27,29,35,38,56-57,61H,4-6,9,13-14,18,22-23,28,30-34,36-37,39-55H2,1-3H3,(H,65,66)/b10-7-,11-8-,15-12-,19-16-,20-17-,24-21-,27-25-,29-26-,38-35-. The Morgan fingerprint density at radius 1 is 0.403 bits per heavy atom. The lowest BCUT2D eigenvalue weighted by Crippen LogP contribution is -2.30. The molecule has 0 fully saturated rings. The number of aliphatic hydroxyl groups is 1. The fourth-order valence-corrected chi connectivity index (χ4v) is 7.77. The van der Waals surface area contributed by atoms with E-state index in [-0.39, 0.29) is 25.9 Å². The van der Waals surface area contributed by atoms with Gasteiger partial charge in [-0.25, -0.2) is 4.57 Å². The third-order valence-electron chi connectivity index (χ3n) is 11.1. The Morgan fingerprint density at radius 3 is 1.14 bits per heavy atom. The fraction of sp³-hybridized carbons (Fsp3) is 0.650. The summed E-state index contributed by atoms with van der Waals surface area (Å²) in [5.74, 6) is -1.55. The van der Waals surface area contributed by atoms with E-state index in [1.807, 2.05) is 0 Å². The van der Waals surface area contributed by atoms with Gasteiger partial charge in [-0.15, -0.1) is 0 Å². The number of hydrogen-bond acceptors (Lipinski definition) is 10. The largest absolute Gasteiger partial charge is 0.472 e. The minimum absolute atomic E-state index is 0.118. The quantitative estimate of drug-likeness (QED) is 0.0197. The van der Waals surface area contributed by atoms with Crippen LogP contribution in [0.5, 0.6) is 0 Å². The van der Waals surface area contributed by atoms with Crippen molar-refractivity contribution in [2.24, 2.45) is 0 Å². The van der Waals surface area contributed by atoms with E-state index >= 15 is 0 Å². The summed E-state index contributed by atoms with van der Waals surface area (Å²) < 4.78 is 39.4. The first-order valence-corrected chi connectivity index (χ1v) is 29.3. The van der Waals surface area contributed by atoms with Gasteiger partial charge in [-0.1, -0.05) is 188 Å². The average Bonchev–Trinajstić information content (AvgIpc) is 3.37. The molecule has 410 valence electrons. The summed E-state index contributed by atoms with van der Waals surface area (Å²) in [6.07, 6.45) is 63.4. The Bertz CT molecular complexity index is 1620. The molecule has 0 saturated heterocycles. The molecule has 3 atom stereocenters. The lowest BCUT2D eigenvalue weighted by molar-refractivity contribution is -0.161. The zero-order valence-corrected chi connectivity index (χ0v) is 46.0. The highest BCUT2D eigenvalue weighted by atomic mass is 31.2. The van der Waals surface area contributed by atoms with Crippen LogP contribution in [0.1, 0.15) is 213 Å². The number of phosphoric ester groups is 1. The van der Waals surface area contributed by atoms with E-state index in [4.69, 9.17) is 23.3 Å². The molecule has 0 bridgehead atoms. The van der Waals surface area contributed by atoms with Gasteiger partial charge in [0.1, 0.15) is 12.7 Å². The van der Waals surface area contributed by atoms with Gasteiger partial charge in [-0.2, -0.15) is 0 Å². The van der Waals surface area contributed by atoms with Crippen LogP contribution in [-0.4, -0.2) is 66.5 Å². The summed E-state index contributed by atoms with van der Waals surface area (Å²) in [6.45, 7) is 4.26. The molecule has 0 saturated carbocycles. The molecule has 3 unspecified atom stereocenters. The first kappa shape index (κ1) is 68.1. The third-order valence-corrected chi connectivity index (χ3v) is 12.1. The van der Waals surface area contributed by atoms with Crippen LogP contribution in [-0.2, 0) is 42.2 Å². The normalized spacial score (nSPS) is 14.2. The highest BCUT2D eigenvalue weighted by molar-refractivity contribution is 7.47. The topological polar surface area (TPSA) is 155 Å². The molecular formula is C60H99O11P. The molecule has 0 aromatic rings. The number of carbonyl (C=O) groups excluding carboxylic acids is 3. The lowest BCUT2D eigenvalue weighted by Gasteiger charge is -2.21. The van der Waals surface area contributed by atoms with Crippen molar-refractivity contribution in [2.75, 3.05) is 26.4 Å². The molecule has 11 nitrogen and oxygen atoms in total. The van der Waals surface area contributed by atoms with E-state index in [2.05, 4.69) is 130 Å². The number of aliphatic hydroxyl groups excluding tert-OH is 1. The summed E-state index contributed by atoms with van der Waals surface area (Å²) in [6, 6.07) is 0. The van der Waals surface area contributed by atoms with E-state index in [1.165, 1.54) is 6.42 Å². The first-order valence-electron chi connectivity index (χ1n) is 27.8. The van der Waals surface area contributed by atoms with Crippen molar-refractivity contribution in [1.29, 1.82) is 0 Å². The second kappa shape index (κ2) is 53.4. The molecule has 2 N–H and O–H groups in total. The maximum absolute atomic E-state index is 12.9. The van der Waals surface area contributed by atoms with Crippen molar-refractivity contribution in [3.63, 3.8) is 0 Å². The minimum Gasteiger partial charge on any atom is -0.462 e. The zero-order chi connectivity index (χ0) is 52.7. The molecule has 72 heavy (non-hydrogen) atoms. The molecular weight excluding hydrogens is 928 g/mol. The minimum atomic E-state index is -4.77. The summed E-state index contributed by atoms with van der Waals surface area (Å²) in [7, 11) is -4.77. The van der Waals surface area contributed by atoms with Gasteiger partial charge in [0.15, 0.2) is 6.10 Å². The Morgan fingerprint density at radius 2 is 0.722 bits per heavy atom. The predicted octanol–water partition coefficient (Wildman–Crippen LogP) is 16.2. The highest BCUT2D eigenvalue weighted by Crippen LogP contribution is 2.43. The summed E-state index contributed by atoms with van der Waals surface area (Å²) in [5.41, 5.74) is 0. The Labute approximate surface area is 437 Å². The van der Waals surface area contributed by atoms with Gasteiger partial charge in [0.05, 0.1) is 19.8 Å². The monoisotopic (exact) mass is 1030 g/mol. The fourth-order valence-electron chi connectivity index (χ4n) is 6.99. The molecule has 0 aromatic heterocycles. The van der Waals surface area contributed by atoms with Crippen molar-refractivity contribution in [3.8, 4) is 0 Å². The number of unbranched alkanes of at least 4 members (excludes halogenated alkanes) is 15. The number of ether oxygens (including phenoxy) is 3. The Kier molecular flexibility index (Phi) is 50.6. The van der Waals surface area contributed by atoms with E-state index in [0.29, 0.717) is 19.3 Å². The Balaban J connectivity index is 4.81. The molecule has 0 radical (unpaired) electrons. The SMILES string of the molecule is CC/C=C\C/C=C\C/C=C\C/C=C\CCCCC(=O)OC(CO)COP(=O)(O)OCC(COC(=O)CCCCCCC/C=C\C/C=C\CCC)OC(=O)CCCCCCCCC/C=C\C/C=C\C/C=C\CC. The lowest BCUT2D eigenvalue weighted by atomic mass is 10.1. The van der Waals surface area contributed by atoms with Crippen molar-refractivity contribution in [3.05, 3.63) is 109 Å². The number of carbonyl (C=O) groups is 3. The van der Waals surface area contributed by atoms with E-state index < -0.39 is 57.8 Å². The summed E-state index contributed by atoms with van der Waals surface area (Å²) in [4.78, 5) is 48.5. The molecule has 0 aliphatic rings. The number of hydrogen-bond donors (Lipinski definition) is 2. The molecule has 0 rings (SSSR count). The van der Waals surface area contributed by atoms with Crippen LogP contribution < -0.4 is 0 Å². The van der Waals surface area contributed by atoms with Gasteiger partial charge in [-0.05, 0) is 116 Å². The highest BCUT2D eigenvalue weighted by Gasteiger charge is 2.28. The molecule has 0 heterocycles. The van der Waals surface area contributed by atoms with Crippen LogP contribution in [0.4, 0.5) is 0 Å². The maximum atomic E-state index is 12.9. The molecule has 0 aliphatic heterocycles. The Hall–Kier alpha value is -3.86. The van der Waals surface area contributed by atoms with Crippen LogP contribution in [0, 0.1) is 0 Å². The smallest absolute Gasteiger partial charge is 0.462 e. The predicted molar refractivity (Wildman–Crippen MR) is 297 cm³/mol. The summed E-state index contributed by atoms with van der Waals surface area (Å²) >= 11 is 0. The maximum Gasteiger partial charge on any atom is 0.472 e. The van der Waals surface area contributed by atoms with Crippen molar-refractivity contribution in [1.82, 2.24) is 0 Å². The van der Waals surface area contributed by atoms with Gasteiger partial charge in [0.2, 0.25) is 0 Å². The van der Waals surface area contributed by atoms with Gasteiger partial charge in [0, 0.05) is 19.3 Å². The van der Waals surface area contributed by atoms with E-state index in [0.717, 1.165) is 148 Å².